The molecule has 0 amide bonds. The van der Waals surface area contributed by atoms with Crippen molar-refractivity contribution in [1.82, 2.24) is 9.97 Å². The van der Waals surface area contributed by atoms with Crippen LogP contribution < -0.4 is 4.74 Å². The van der Waals surface area contributed by atoms with Crippen LogP contribution in [0, 0.1) is 11.3 Å². The molecule has 0 saturated heterocycles. The summed E-state index contributed by atoms with van der Waals surface area (Å²) >= 11 is 0. The summed E-state index contributed by atoms with van der Waals surface area (Å²) in [6.07, 6.45) is 4.29. The van der Waals surface area contributed by atoms with Gasteiger partial charge in [-0.2, -0.15) is 5.26 Å². The van der Waals surface area contributed by atoms with Crippen molar-refractivity contribution in [1.29, 1.82) is 5.26 Å². The number of imidazole rings is 1. The number of benzene rings is 1. The summed E-state index contributed by atoms with van der Waals surface area (Å²) in [6.45, 7) is 2.08. The molecular formula is C14H15N3O. The largest absolute Gasteiger partial charge is 0.496 e. The SMILES string of the molecule is CCc1ccc(OC)c(C(C#N)c2ncc[nH]2)c1. The van der Waals surface area contributed by atoms with Crippen molar-refractivity contribution in [2.45, 2.75) is 19.3 Å². The Morgan fingerprint density at radius 3 is 2.89 bits per heavy atom. The highest BCUT2D eigenvalue weighted by Gasteiger charge is 2.20. The molecule has 1 aromatic carbocycles. The van der Waals surface area contributed by atoms with E-state index in [1.54, 1.807) is 19.5 Å². The zero-order valence-corrected chi connectivity index (χ0v) is 10.5. The second kappa shape index (κ2) is 5.37. The van der Waals surface area contributed by atoms with Crippen LogP contribution in [0.4, 0.5) is 0 Å². The van der Waals surface area contributed by atoms with Gasteiger partial charge < -0.3 is 9.72 Å². The van der Waals surface area contributed by atoms with E-state index in [2.05, 4.69) is 23.0 Å². The van der Waals surface area contributed by atoms with E-state index >= 15 is 0 Å². The van der Waals surface area contributed by atoms with Crippen molar-refractivity contribution in [2.75, 3.05) is 7.11 Å². The Morgan fingerprint density at radius 1 is 1.50 bits per heavy atom. The predicted octanol–water partition coefficient (Wildman–Crippen LogP) is 2.64. The zero-order valence-electron chi connectivity index (χ0n) is 10.5. The third-order valence-corrected chi connectivity index (χ3v) is 2.94. The van der Waals surface area contributed by atoms with Crippen LogP contribution >= 0.6 is 0 Å². The minimum absolute atomic E-state index is 0.429. The van der Waals surface area contributed by atoms with E-state index in [-0.39, 0.29) is 0 Å². The molecule has 0 saturated carbocycles. The molecule has 1 N–H and O–H groups in total. The van der Waals surface area contributed by atoms with E-state index in [1.165, 1.54) is 5.56 Å². The molecule has 0 spiro atoms. The number of hydrogen-bond acceptors (Lipinski definition) is 3. The number of aryl methyl sites for hydroxylation is 1. The zero-order chi connectivity index (χ0) is 13.0. The quantitative estimate of drug-likeness (QED) is 0.895. The summed E-state index contributed by atoms with van der Waals surface area (Å²) in [5.74, 6) is 0.931. The number of methoxy groups -OCH3 is 1. The van der Waals surface area contributed by atoms with E-state index in [9.17, 15) is 5.26 Å². The Bertz CT molecular complexity index is 555. The van der Waals surface area contributed by atoms with Gasteiger partial charge >= 0.3 is 0 Å². The minimum atomic E-state index is -0.429. The van der Waals surface area contributed by atoms with Crippen molar-refractivity contribution in [3.05, 3.63) is 47.5 Å². The van der Waals surface area contributed by atoms with Crippen molar-refractivity contribution in [2.24, 2.45) is 0 Å². The summed E-state index contributed by atoms with van der Waals surface area (Å²) in [6, 6.07) is 8.20. The molecule has 0 aliphatic heterocycles. The van der Waals surface area contributed by atoms with E-state index in [1.807, 2.05) is 18.2 Å². The number of rotatable bonds is 4. The van der Waals surface area contributed by atoms with Crippen molar-refractivity contribution in [3.63, 3.8) is 0 Å². The number of aromatic amines is 1. The average Bonchev–Trinajstić information content (AvgIpc) is 2.93. The second-order valence-electron chi connectivity index (χ2n) is 3.97. The van der Waals surface area contributed by atoms with Gasteiger partial charge in [0.2, 0.25) is 0 Å². The Balaban J connectivity index is 2.50. The number of nitriles is 1. The molecule has 1 heterocycles. The van der Waals surface area contributed by atoms with Crippen molar-refractivity contribution >= 4 is 0 Å². The number of aromatic nitrogens is 2. The molecule has 4 nitrogen and oxygen atoms in total. The highest BCUT2D eigenvalue weighted by Crippen LogP contribution is 2.30. The van der Waals surface area contributed by atoms with Crippen LogP contribution in [0.15, 0.2) is 30.6 Å². The van der Waals surface area contributed by atoms with Gasteiger partial charge in [0.15, 0.2) is 0 Å². The number of hydrogen-bond donors (Lipinski definition) is 1. The Kier molecular flexibility index (Phi) is 3.63. The molecule has 1 atom stereocenters. The maximum absolute atomic E-state index is 9.37. The first kappa shape index (κ1) is 12.2. The van der Waals surface area contributed by atoms with E-state index in [0.29, 0.717) is 5.82 Å². The summed E-state index contributed by atoms with van der Waals surface area (Å²) in [7, 11) is 1.61. The van der Waals surface area contributed by atoms with Crippen LogP contribution in [0.25, 0.3) is 0 Å². The molecule has 0 radical (unpaired) electrons. The minimum Gasteiger partial charge on any atom is -0.496 e. The fourth-order valence-corrected chi connectivity index (χ4v) is 1.94. The Hall–Kier alpha value is -2.28. The van der Waals surface area contributed by atoms with Crippen LogP contribution in [0.5, 0.6) is 5.75 Å². The molecule has 0 aliphatic carbocycles. The van der Waals surface area contributed by atoms with E-state index in [0.717, 1.165) is 17.7 Å². The summed E-state index contributed by atoms with van der Waals surface area (Å²) in [4.78, 5) is 7.15. The van der Waals surface area contributed by atoms with Gasteiger partial charge in [0.05, 0.1) is 13.2 Å². The standard InChI is InChI=1S/C14H15N3O/c1-3-10-4-5-13(18-2)11(8-10)12(9-15)14-16-6-7-17-14/h4-8,12H,3H2,1-2H3,(H,16,17). The van der Waals surface area contributed by atoms with Crippen molar-refractivity contribution < 1.29 is 4.74 Å². The number of H-pyrrole nitrogens is 1. The van der Waals surface area contributed by atoms with Gasteiger partial charge in [-0.3, -0.25) is 0 Å². The lowest BCUT2D eigenvalue weighted by Crippen LogP contribution is -2.04. The highest BCUT2D eigenvalue weighted by atomic mass is 16.5. The summed E-state index contributed by atoms with van der Waals surface area (Å²) in [5.41, 5.74) is 2.03. The van der Waals surface area contributed by atoms with Gasteiger partial charge in [0, 0.05) is 18.0 Å². The Morgan fingerprint density at radius 2 is 2.33 bits per heavy atom. The summed E-state index contributed by atoms with van der Waals surface area (Å²) in [5, 5.41) is 9.37. The lowest BCUT2D eigenvalue weighted by atomic mass is 9.96. The monoisotopic (exact) mass is 241 g/mol. The first-order valence-electron chi connectivity index (χ1n) is 5.85. The van der Waals surface area contributed by atoms with Gasteiger partial charge in [-0.15, -0.1) is 0 Å². The molecule has 18 heavy (non-hydrogen) atoms. The molecular weight excluding hydrogens is 226 g/mol. The maximum atomic E-state index is 9.37. The molecule has 2 rings (SSSR count). The molecule has 0 fully saturated rings. The van der Waals surface area contributed by atoms with Gasteiger partial charge in [-0.1, -0.05) is 19.1 Å². The Labute approximate surface area is 106 Å². The average molecular weight is 241 g/mol. The molecule has 92 valence electrons. The third-order valence-electron chi connectivity index (χ3n) is 2.94. The van der Waals surface area contributed by atoms with Gasteiger partial charge in [-0.25, -0.2) is 4.98 Å². The molecule has 0 bridgehead atoms. The number of nitrogens with one attached hydrogen (secondary N) is 1. The van der Waals surface area contributed by atoms with Crippen LogP contribution in [-0.4, -0.2) is 17.1 Å². The van der Waals surface area contributed by atoms with Gasteiger partial charge in [0.1, 0.15) is 17.5 Å². The fourth-order valence-electron chi connectivity index (χ4n) is 1.94. The lowest BCUT2D eigenvalue weighted by Gasteiger charge is -2.13. The topological polar surface area (TPSA) is 61.7 Å². The first-order chi connectivity index (χ1) is 8.80. The van der Waals surface area contributed by atoms with Crippen LogP contribution in [-0.2, 0) is 6.42 Å². The highest BCUT2D eigenvalue weighted by molar-refractivity contribution is 5.45. The van der Waals surface area contributed by atoms with Gasteiger partial charge in [-0.05, 0) is 18.1 Å². The van der Waals surface area contributed by atoms with Crippen molar-refractivity contribution in [3.8, 4) is 11.8 Å². The van der Waals surface area contributed by atoms with E-state index in [4.69, 9.17) is 4.74 Å². The van der Waals surface area contributed by atoms with Crippen LogP contribution in [0.2, 0.25) is 0 Å². The number of ether oxygens (including phenoxy) is 1. The second-order valence-corrected chi connectivity index (χ2v) is 3.97. The van der Waals surface area contributed by atoms with Crippen LogP contribution in [0.1, 0.15) is 29.8 Å². The molecule has 1 aromatic heterocycles. The summed E-state index contributed by atoms with van der Waals surface area (Å²) < 4.78 is 5.33. The predicted molar refractivity (Wildman–Crippen MR) is 68.4 cm³/mol. The maximum Gasteiger partial charge on any atom is 0.133 e. The number of nitrogens with zero attached hydrogens (tertiary/aromatic N) is 2. The normalized spacial score (nSPS) is 11.8. The van der Waals surface area contributed by atoms with Crippen LogP contribution in [0.3, 0.4) is 0 Å². The first-order valence-corrected chi connectivity index (χ1v) is 5.85. The third kappa shape index (κ3) is 2.21. The molecule has 1 unspecified atom stereocenters. The lowest BCUT2D eigenvalue weighted by molar-refractivity contribution is 0.409. The van der Waals surface area contributed by atoms with Gasteiger partial charge in [0.25, 0.3) is 0 Å². The fraction of sp³-hybridized carbons (Fsp3) is 0.286. The smallest absolute Gasteiger partial charge is 0.133 e. The van der Waals surface area contributed by atoms with E-state index < -0.39 is 5.92 Å². The molecule has 0 aliphatic rings. The molecule has 2 aromatic rings. The molecule has 4 heteroatoms.